The van der Waals surface area contributed by atoms with Crippen molar-refractivity contribution in [1.29, 1.82) is 0 Å². The summed E-state index contributed by atoms with van der Waals surface area (Å²) in [5.74, 6) is -0.482. The topological polar surface area (TPSA) is 63.6 Å². The third-order valence-corrected chi connectivity index (χ3v) is 2.78. The molecule has 1 N–H and O–H groups in total. The molecule has 0 spiro atoms. The molecule has 92 valence electrons. The number of benzene rings is 1. The number of carbonyl (C=O) groups is 2. The molecule has 0 aliphatic carbocycles. The third-order valence-electron chi connectivity index (χ3n) is 2.78. The molecule has 0 heterocycles. The SMILES string of the molecule is COC(=O)C(C)(C)C(O)c1ccc(C=O)cc1. The first-order chi connectivity index (χ1) is 7.93. The molecule has 1 rings (SSSR count). The highest BCUT2D eigenvalue weighted by Crippen LogP contribution is 2.34. The molecule has 0 fully saturated rings. The van der Waals surface area contributed by atoms with Crippen molar-refractivity contribution in [3.63, 3.8) is 0 Å². The first-order valence-electron chi connectivity index (χ1n) is 5.25. The van der Waals surface area contributed by atoms with Crippen LogP contribution in [0.4, 0.5) is 0 Å². The molecule has 0 aromatic heterocycles. The highest BCUT2D eigenvalue weighted by atomic mass is 16.5. The summed E-state index contributed by atoms with van der Waals surface area (Å²) in [4.78, 5) is 22.0. The van der Waals surface area contributed by atoms with Crippen LogP contribution in [-0.2, 0) is 9.53 Å². The lowest BCUT2D eigenvalue weighted by Crippen LogP contribution is -2.32. The molecule has 4 heteroatoms. The molecule has 0 aliphatic rings. The second-order valence-electron chi connectivity index (χ2n) is 4.40. The first-order valence-corrected chi connectivity index (χ1v) is 5.25. The maximum atomic E-state index is 11.5. The Bertz CT molecular complexity index is 406. The van der Waals surface area contributed by atoms with E-state index in [1.165, 1.54) is 7.11 Å². The molecule has 1 aromatic carbocycles. The highest BCUT2D eigenvalue weighted by molar-refractivity contribution is 5.77. The van der Waals surface area contributed by atoms with Crippen molar-refractivity contribution in [3.05, 3.63) is 35.4 Å². The van der Waals surface area contributed by atoms with Crippen LogP contribution in [0.2, 0.25) is 0 Å². The average Bonchev–Trinajstić information content (AvgIpc) is 2.36. The van der Waals surface area contributed by atoms with Gasteiger partial charge in [-0.05, 0) is 19.4 Å². The summed E-state index contributed by atoms with van der Waals surface area (Å²) in [6.45, 7) is 3.22. The number of methoxy groups -OCH3 is 1. The van der Waals surface area contributed by atoms with Gasteiger partial charge in [-0.25, -0.2) is 0 Å². The van der Waals surface area contributed by atoms with Gasteiger partial charge in [-0.15, -0.1) is 0 Å². The van der Waals surface area contributed by atoms with Gasteiger partial charge in [0.15, 0.2) is 0 Å². The van der Waals surface area contributed by atoms with Crippen molar-refractivity contribution >= 4 is 12.3 Å². The van der Waals surface area contributed by atoms with Gasteiger partial charge in [0.05, 0.1) is 18.6 Å². The molecule has 1 unspecified atom stereocenters. The maximum Gasteiger partial charge on any atom is 0.314 e. The van der Waals surface area contributed by atoms with E-state index in [0.29, 0.717) is 11.1 Å². The monoisotopic (exact) mass is 236 g/mol. The van der Waals surface area contributed by atoms with Crippen LogP contribution in [0.5, 0.6) is 0 Å². The van der Waals surface area contributed by atoms with E-state index in [0.717, 1.165) is 6.29 Å². The summed E-state index contributed by atoms with van der Waals surface area (Å²) < 4.78 is 4.65. The molecule has 0 bridgehead atoms. The Labute approximate surface area is 100 Å². The number of aldehydes is 1. The average molecular weight is 236 g/mol. The Hall–Kier alpha value is -1.68. The zero-order chi connectivity index (χ0) is 13.1. The third kappa shape index (κ3) is 2.71. The summed E-state index contributed by atoms with van der Waals surface area (Å²) in [6, 6.07) is 6.44. The number of esters is 1. The van der Waals surface area contributed by atoms with Crippen molar-refractivity contribution in [1.82, 2.24) is 0 Å². The number of hydrogen-bond donors (Lipinski definition) is 1. The molecule has 0 amide bonds. The van der Waals surface area contributed by atoms with Crippen molar-refractivity contribution in [2.75, 3.05) is 7.11 Å². The minimum absolute atomic E-state index is 0.482. The normalized spacial score (nSPS) is 12.9. The van der Waals surface area contributed by atoms with E-state index >= 15 is 0 Å². The molecule has 1 atom stereocenters. The number of hydrogen-bond acceptors (Lipinski definition) is 4. The predicted octanol–water partition coefficient (Wildman–Crippen LogP) is 1.73. The number of aliphatic hydroxyl groups is 1. The molecule has 0 saturated heterocycles. The molecular formula is C13H16O4. The van der Waals surface area contributed by atoms with Crippen molar-refractivity contribution in [2.24, 2.45) is 5.41 Å². The lowest BCUT2D eigenvalue weighted by atomic mass is 9.82. The molecule has 0 aliphatic heterocycles. The molecule has 17 heavy (non-hydrogen) atoms. The molecule has 1 aromatic rings. The van der Waals surface area contributed by atoms with E-state index in [2.05, 4.69) is 4.74 Å². The first kappa shape index (κ1) is 13.4. The predicted molar refractivity (Wildman–Crippen MR) is 62.6 cm³/mol. The second-order valence-corrected chi connectivity index (χ2v) is 4.40. The van der Waals surface area contributed by atoms with Gasteiger partial charge in [0.25, 0.3) is 0 Å². The standard InChI is InChI=1S/C13H16O4/c1-13(2,12(16)17-3)11(15)10-6-4-9(8-14)5-7-10/h4-8,11,15H,1-3H3. The zero-order valence-electron chi connectivity index (χ0n) is 10.1. The molecule has 0 saturated carbocycles. The van der Waals surface area contributed by atoms with Crippen molar-refractivity contribution in [3.8, 4) is 0 Å². The number of aliphatic hydroxyl groups excluding tert-OH is 1. The van der Waals surface area contributed by atoms with Gasteiger partial charge in [0, 0.05) is 5.56 Å². The zero-order valence-corrected chi connectivity index (χ0v) is 10.1. The Kier molecular flexibility index (Phi) is 4.02. The van der Waals surface area contributed by atoms with Gasteiger partial charge >= 0.3 is 5.97 Å². The van der Waals surface area contributed by atoms with Gasteiger partial charge < -0.3 is 9.84 Å². The van der Waals surface area contributed by atoms with Gasteiger partial charge in [-0.3, -0.25) is 9.59 Å². The lowest BCUT2D eigenvalue weighted by molar-refractivity contribution is -0.157. The molecule has 0 radical (unpaired) electrons. The minimum atomic E-state index is -1.03. The fourth-order valence-electron chi connectivity index (χ4n) is 1.55. The number of carbonyl (C=O) groups excluding carboxylic acids is 2. The number of ether oxygens (including phenoxy) is 1. The van der Waals surface area contributed by atoms with Crippen LogP contribution in [0.25, 0.3) is 0 Å². The summed E-state index contributed by atoms with van der Waals surface area (Å²) in [7, 11) is 1.28. The molecular weight excluding hydrogens is 220 g/mol. The Morgan fingerprint density at radius 3 is 2.29 bits per heavy atom. The van der Waals surface area contributed by atoms with E-state index < -0.39 is 17.5 Å². The maximum absolute atomic E-state index is 11.5. The van der Waals surface area contributed by atoms with Crippen LogP contribution < -0.4 is 0 Å². The van der Waals surface area contributed by atoms with Gasteiger partial charge in [-0.2, -0.15) is 0 Å². The van der Waals surface area contributed by atoms with E-state index in [-0.39, 0.29) is 0 Å². The Morgan fingerprint density at radius 2 is 1.88 bits per heavy atom. The van der Waals surface area contributed by atoms with Gasteiger partial charge in [-0.1, -0.05) is 24.3 Å². The lowest BCUT2D eigenvalue weighted by Gasteiger charge is -2.27. The fraction of sp³-hybridized carbons (Fsp3) is 0.385. The Morgan fingerprint density at radius 1 is 1.35 bits per heavy atom. The van der Waals surface area contributed by atoms with Gasteiger partial charge in [0.2, 0.25) is 0 Å². The van der Waals surface area contributed by atoms with Crippen LogP contribution in [0.3, 0.4) is 0 Å². The minimum Gasteiger partial charge on any atom is -0.469 e. The summed E-state index contributed by atoms with van der Waals surface area (Å²) in [6.07, 6.45) is -0.252. The largest absolute Gasteiger partial charge is 0.469 e. The summed E-state index contributed by atoms with van der Waals surface area (Å²) in [5.41, 5.74) is 0.0695. The van der Waals surface area contributed by atoms with E-state index in [1.54, 1.807) is 38.1 Å². The fourth-order valence-corrected chi connectivity index (χ4v) is 1.55. The molecule has 4 nitrogen and oxygen atoms in total. The van der Waals surface area contributed by atoms with Crippen LogP contribution in [0, 0.1) is 5.41 Å². The van der Waals surface area contributed by atoms with Crippen LogP contribution in [0.1, 0.15) is 35.9 Å². The highest BCUT2D eigenvalue weighted by Gasteiger charge is 2.37. The second kappa shape index (κ2) is 5.10. The Balaban J connectivity index is 2.98. The smallest absolute Gasteiger partial charge is 0.314 e. The van der Waals surface area contributed by atoms with Crippen LogP contribution >= 0.6 is 0 Å². The van der Waals surface area contributed by atoms with Crippen LogP contribution in [0.15, 0.2) is 24.3 Å². The van der Waals surface area contributed by atoms with E-state index in [9.17, 15) is 14.7 Å². The van der Waals surface area contributed by atoms with Crippen molar-refractivity contribution < 1.29 is 19.4 Å². The quantitative estimate of drug-likeness (QED) is 0.638. The number of rotatable bonds is 4. The summed E-state index contributed by atoms with van der Waals surface area (Å²) in [5, 5.41) is 10.1. The van der Waals surface area contributed by atoms with E-state index in [4.69, 9.17) is 0 Å². The van der Waals surface area contributed by atoms with Crippen molar-refractivity contribution in [2.45, 2.75) is 20.0 Å². The van der Waals surface area contributed by atoms with Crippen LogP contribution in [-0.4, -0.2) is 24.5 Å². The van der Waals surface area contributed by atoms with E-state index in [1.807, 2.05) is 0 Å². The van der Waals surface area contributed by atoms with Gasteiger partial charge in [0.1, 0.15) is 6.29 Å². The summed E-state index contributed by atoms with van der Waals surface area (Å²) >= 11 is 0.